The Balaban J connectivity index is 1.54. The summed E-state index contributed by atoms with van der Waals surface area (Å²) in [6, 6.07) is 21.0. The third-order valence-electron chi connectivity index (χ3n) is 5.71. The van der Waals surface area contributed by atoms with Crippen LogP contribution in [0.15, 0.2) is 60.7 Å². The molecule has 0 atom stereocenters. The Bertz CT molecular complexity index is 1260. The van der Waals surface area contributed by atoms with Gasteiger partial charge in [0.1, 0.15) is 17.2 Å². The fraction of sp³-hybridized carbons (Fsp3) is 0.259. The molecule has 0 N–H and O–H groups in total. The summed E-state index contributed by atoms with van der Waals surface area (Å²) in [5, 5.41) is 2.27. The summed E-state index contributed by atoms with van der Waals surface area (Å²) in [5.74, 6) is 2.60. The second kappa shape index (κ2) is 8.94. The van der Waals surface area contributed by atoms with Gasteiger partial charge in [0.25, 0.3) is 0 Å². The van der Waals surface area contributed by atoms with E-state index in [1.807, 2.05) is 18.2 Å². The van der Waals surface area contributed by atoms with Gasteiger partial charge >= 0.3 is 0 Å². The number of ether oxygens (including phenoxy) is 3. The maximum Gasteiger partial charge on any atom is 0.136 e. The van der Waals surface area contributed by atoms with Crippen LogP contribution >= 0.6 is 11.3 Å². The van der Waals surface area contributed by atoms with Crippen LogP contribution < -0.4 is 9.47 Å². The smallest absolute Gasteiger partial charge is 0.136 e. The van der Waals surface area contributed by atoms with Crippen LogP contribution in [0.4, 0.5) is 0 Å². The van der Waals surface area contributed by atoms with Crippen molar-refractivity contribution in [2.45, 2.75) is 13.0 Å². The second-order valence-corrected chi connectivity index (χ2v) is 9.46. The number of hydrogen-bond acceptors (Lipinski definition) is 5. The van der Waals surface area contributed by atoms with Crippen LogP contribution in [0.25, 0.3) is 32.3 Å². The highest BCUT2D eigenvalue weighted by Gasteiger charge is 2.24. The highest BCUT2D eigenvalue weighted by atomic mass is 32.1. The summed E-state index contributed by atoms with van der Waals surface area (Å²) >= 11 is 1.80. The van der Waals surface area contributed by atoms with Crippen molar-refractivity contribution >= 4 is 22.1 Å². The molecular formula is C27H27NO3S. The molecule has 3 aromatic carbocycles. The van der Waals surface area contributed by atoms with E-state index < -0.39 is 0 Å². The van der Waals surface area contributed by atoms with E-state index in [2.05, 4.69) is 61.5 Å². The fourth-order valence-electron chi connectivity index (χ4n) is 4.11. The van der Waals surface area contributed by atoms with Crippen LogP contribution in [-0.2, 0) is 11.3 Å². The maximum atomic E-state index is 6.43. The first-order chi connectivity index (χ1) is 15.6. The van der Waals surface area contributed by atoms with Crippen molar-refractivity contribution in [2.75, 3.05) is 34.4 Å². The van der Waals surface area contributed by atoms with Crippen molar-refractivity contribution in [3.63, 3.8) is 0 Å². The first-order valence-corrected chi connectivity index (χ1v) is 11.7. The van der Waals surface area contributed by atoms with Crippen molar-refractivity contribution in [3.8, 4) is 38.8 Å². The Morgan fingerprint density at radius 3 is 2.59 bits per heavy atom. The summed E-state index contributed by atoms with van der Waals surface area (Å²) in [5.41, 5.74) is 3.46. The number of fused-ring (bicyclic) bond motifs is 6. The van der Waals surface area contributed by atoms with E-state index in [4.69, 9.17) is 14.2 Å². The third kappa shape index (κ3) is 4.11. The molecule has 0 saturated heterocycles. The van der Waals surface area contributed by atoms with Gasteiger partial charge in [-0.1, -0.05) is 24.3 Å². The average molecular weight is 446 g/mol. The van der Waals surface area contributed by atoms with Crippen molar-refractivity contribution < 1.29 is 14.2 Å². The van der Waals surface area contributed by atoms with Crippen LogP contribution in [0, 0.1) is 0 Å². The molecule has 0 saturated carbocycles. The predicted octanol–water partition coefficient (Wildman–Crippen LogP) is 6.82. The molecule has 4 nitrogen and oxygen atoms in total. The summed E-state index contributed by atoms with van der Waals surface area (Å²) in [4.78, 5) is 4.65. The highest BCUT2D eigenvalue weighted by molar-refractivity contribution is 7.16. The zero-order chi connectivity index (χ0) is 22.1. The minimum Gasteiger partial charge on any atom is -0.497 e. The lowest BCUT2D eigenvalue weighted by molar-refractivity contribution is 0.115. The number of benzene rings is 3. The minimum absolute atomic E-state index is 0.633. The molecule has 0 fully saturated rings. The van der Waals surface area contributed by atoms with Gasteiger partial charge in [-0.3, -0.25) is 0 Å². The fourth-order valence-corrected chi connectivity index (χ4v) is 5.24. The Labute approximate surface area is 193 Å². The Kier molecular flexibility index (Phi) is 5.87. The topological polar surface area (TPSA) is 30.9 Å². The summed E-state index contributed by atoms with van der Waals surface area (Å²) in [6.07, 6.45) is 1.03. The van der Waals surface area contributed by atoms with Crippen LogP contribution in [0.2, 0.25) is 0 Å². The summed E-state index contributed by atoms with van der Waals surface area (Å²) in [6.45, 7) is 2.44. The Morgan fingerprint density at radius 2 is 1.75 bits per heavy atom. The van der Waals surface area contributed by atoms with Crippen molar-refractivity contribution in [1.29, 1.82) is 0 Å². The van der Waals surface area contributed by atoms with Gasteiger partial charge in [-0.25, -0.2) is 0 Å². The van der Waals surface area contributed by atoms with Crippen LogP contribution in [-0.4, -0.2) is 39.3 Å². The van der Waals surface area contributed by atoms with E-state index in [-0.39, 0.29) is 0 Å². The van der Waals surface area contributed by atoms with Gasteiger partial charge in [0, 0.05) is 33.1 Å². The average Bonchev–Trinajstić information content (AvgIpc) is 3.17. The van der Waals surface area contributed by atoms with Crippen molar-refractivity contribution in [3.05, 3.63) is 65.5 Å². The molecule has 0 aliphatic carbocycles. The van der Waals surface area contributed by atoms with Crippen LogP contribution in [0.5, 0.6) is 17.2 Å². The molecule has 0 spiro atoms. The number of rotatable bonds is 7. The van der Waals surface area contributed by atoms with E-state index in [0.29, 0.717) is 6.61 Å². The normalized spacial score (nSPS) is 12.1. The number of methoxy groups -OCH3 is 1. The molecule has 164 valence electrons. The minimum atomic E-state index is 0.633. The van der Waals surface area contributed by atoms with Gasteiger partial charge in [-0.15, -0.1) is 11.3 Å². The quantitative estimate of drug-likeness (QED) is 0.257. The first kappa shape index (κ1) is 21.0. The van der Waals surface area contributed by atoms with Gasteiger partial charge in [-0.2, -0.15) is 0 Å². The van der Waals surface area contributed by atoms with Gasteiger partial charge in [0.2, 0.25) is 0 Å². The van der Waals surface area contributed by atoms with Gasteiger partial charge in [0.15, 0.2) is 0 Å². The number of thiophene rings is 1. The molecule has 0 unspecified atom stereocenters. The Morgan fingerprint density at radius 1 is 0.875 bits per heavy atom. The lowest BCUT2D eigenvalue weighted by Gasteiger charge is -2.11. The van der Waals surface area contributed by atoms with E-state index in [9.17, 15) is 0 Å². The molecule has 1 aliphatic rings. The molecular weight excluding hydrogens is 418 g/mol. The van der Waals surface area contributed by atoms with E-state index in [0.717, 1.165) is 53.3 Å². The van der Waals surface area contributed by atoms with Crippen LogP contribution in [0.3, 0.4) is 0 Å². The SMILES string of the molecule is COc1ccc2cc3c(cc2c1)Oc1ccccc1-c1cc(COCCCN(C)C)sc1-3. The number of nitrogens with zero attached hydrogens (tertiary/aromatic N) is 1. The van der Waals surface area contributed by atoms with E-state index in [1.165, 1.54) is 20.7 Å². The first-order valence-electron chi connectivity index (χ1n) is 10.9. The zero-order valence-corrected chi connectivity index (χ0v) is 19.5. The van der Waals surface area contributed by atoms with Gasteiger partial charge < -0.3 is 19.1 Å². The summed E-state index contributed by atoms with van der Waals surface area (Å²) < 4.78 is 17.8. The molecule has 2 heterocycles. The van der Waals surface area contributed by atoms with Gasteiger partial charge in [-0.05, 0) is 74.2 Å². The number of hydrogen-bond donors (Lipinski definition) is 0. The maximum absolute atomic E-state index is 6.43. The monoisotopic (exact) mass is 445 g/mol. The lowest BCUT2D eigenvalue weighted by Crippen LogP contribution is -2.14. The molecule has 1 aromatic heterocycles. The highest BCUT2D eigenvalue weighted by Crippen LogP contribution is 2.51. The van der Waals surface area contributed by atoms with E-state index in [1.54, 1.807) is 18.4 Å². The second-order valence-electron chi connectivity index (χ2n) is 8.32. The molecule has 0 bridgehead atoms. The third-order valence-corrected chi connectivity index (χ3v) is 6.85. The van der Waals surface area contributed by atoms with E-state index >= 15 is 0 Å². The number of para-hydroxylation sites is 1. The molecule has 4 aromatic rings. The molecule has 1 aliphatic heterocycles. The van der Waals surface area contributed by atoms with Crippen LogP contribution in [0.1, 0.15) is 11.3 Å². The molecule has 5 rings (SSSR count). The predicted molar refractivity (Wildman–Crippen MR) is 132 cm³/mol. The zero-order valence-electron chi connectivity index (χ0n) is 18.7. The molecule has 5 heteroatoms. The van der Waals surface area contributed by atoms with Gasteiger partial charge in [0.05, 0.1) is 13.7 Å². The van der Waals surface area contributed by atoms with Crippen molar-refractivity contribution in [1.82, 2.24) is 4.90 Å². The lowest BCUT2D eigenvalue weighted by atomic mass is 10.00. The molecule has 0 radical (unpaired) electrons. The molecule has 32 heavy (non-hydrogen) atoms. The summed E-state index contributed by atoms with van der Waals surface area (Å²) in [7, 11) is 5.87. The molecule has 0 amide bonds. The standard InChI is InChI=1S/C27H27NO3S/c1-28(2)11-6-12-30-17-21-16-23-22-7-4-5-8-25(22)31-26-15-19-13-20(29-3)10-9-18(19)14-24(26)27(23)32-21/h4-5,7-10,13-16H,6,11-12,17H2,1-3H3. The largest absolute Gasteiger partial charge is 0.497 e. The van der Waals surface area contributed by atoms with Crippen molar-refractivity contribution in [2.24, 2.45) is 0 Å². The Hall–Kier alpha value is -2.86.